The molecule has 16 heavy (non-hydrogen) atoms. The van der Waals surface area contributed by atoms with Crippen molar-refractivity contribution >= 4 is 6.09 Å². The quantitative estimate of drug-likeness (QED) is 0.548. The maximum absolute atomic E-state index is 11.6. The maximum Gasteiger partial charge on any atom is 0.407 e. The highest BCUT2D eigenvalue weighted by atomic mass is 16.6. The summed E-state index contributed by atoms with van der Waals surface area (Å²) in [6, 6.07) is 0.245. The minimum absolute atomic E-state index is 0.245. The van der Waals surface area contributed by atoms with E-state index in [-0.39, 0.29) is 12.1 Å². The Hall–Kier alpha value is -0.990. The number of carbonyl (C=O) groups excluding carboxylic acids is 1. The Labute approximate surface area is 98.2 Å². The highest BCUT2D eigenvalue weighted by molar-refractivity contribution is 5.68. The predicted molar refractivity (Wildman–Crippen MR) is 65.4 cm³/mol. The van der Waals surface area contributed by atoms with Crippen LogP contribution in [0.2, 0.25) is 0 Å². The van der Waals surface area contributed by atoms with Gasteiger partial charge in [-0.2, -0.15) is 0 Å². The van der Waals surface area contributed by atoms with Gasteiger partial charge in [0.05, 0.1) is 0 Å². The highest BCUT2D eigenvalue weighted by Crippen LogP contribution is 2.21. The SMILES string of the molecule is C=C1CCC[C@H](NC(=O)OC(C)(C)C)CC1. The minimum Gasteiger partial charge on any atom is -0.444 e. The number of allylic oxidation sites excluding steroid dienone is 1. The number of hydrogen-bond donors (Lipinski definition) is 1. The molecule has 1 amide bonds. The molecule has 1 fully saturated rings. The first kappa shape index (κ1) is 13.1. The van der Waals surface area contributed by atoms with Gasteiger partial charge in [-0.15, -0.1) is 0 Å². The third-order valence-corrected chi connectivity index (χ3v) is 2.65. The Morgan fingerprint density at radius 3 is 2.69 bits per heavy atom. The van der Waals surface area contributed by atoms with Gasteiger partial charge in [-0.25, -0.2) is 4.79 Å². The van der Waals surface area contributed by atoms with Gasteiger partial charge in [0.15, 0.2) is 0 Å². The normalized spacial score (nSPS) is 22.4. The molecule has 1 rings (SSSR count). The predicted octanol–water partition coefficient (Wildman–Crippen LogP) is 3.40. The van der Waals surface area contributed by atoms with Crippen LogP contribution in [0.1, 0.15) is 52.9 Å². The number of alkyl carbamates (subject to hydrolysis) is 1. The van der Waals surface area contributed by atoms with Crippen LogP contribution in [0.5, 0.6) is 0 Å². The fourth-order valence-corrected chi connectivity index (χ4v) is 1.86. The third-order valence-electron chi connectivity index (χ3n) is 2.65. The smallest absolute Gasteiger partial charge is 0.407 e. The Morgan fingerprint density at radius 1 is 1.38 bits per heavy atom. The van der Waals surface area contributed by atoms with Crippen molar-refractivity contribution in [1.29, 1.82) is 0 Å². The molecular formula is C13H23NO2. The summed E-state index contributed by atoms with van der Waals surface area (Å²) in [6.07, 6.45) is 4.92. The average molecular weight is 225 g/mol. The van der Waals surface area contributed by atoms with Gasteiger partial charge in [-0.05, 0) is 52.9 Å². The molecule has 1 aliphatic carbocycles. The van der Waals surface area contributed by atoms with Crippen LogP contribution in [-0.4, -0.2) is 17.7 Å². The number of nitrogens with one attached hydrogen (secondary N) is 1. The van der Waals surface area contributed by atoms with Crippen LogP contribution in [0.4, 0.5) is 4.79 Å². The highest BCUT2D eigenvalue weighted by Gasteiger charge is 2.20. The fraction of sp³-hybridized carbons (Fsp3) is 0.769. The lowest BCUT2D eigenvalue weighted by molar-refractivity contribution is 0.0500. The molecule has 0 saturated heterocycles. The van der Waals surface area contributed by atoms with Crippen molar-refractivity contribution in [3.05, 3.63) is 12.2 Å². The van der Waals surface area contributed by atoms with Crippen LogP contribution < -0.4 is 5.32 Å². The van der Waals surface area contributed by atoms with Crippen LogP contribution in [0.3, 0.4) is 0 Å². The van der Waals surface area contributed by atoms with Gasteiger partial charge in [-0.1, -0.05) is 12.2 Å². The van der Waals surface area contributed by atoms with Crippen molar-refractivity contribution in [1.82, 2.24) is 5.32 Å². The molecule has 0 radical (unpaired) electrons. The topological polar surface area (TPSA) is 38.3 Å². The van der Waals surface area contributed by atoms with Crippen molar-refractivity contribution in [2.45, 2.75) is 64.5 Å². The molecule has 1 saturated carbocycles. The van der Waals surface area contributed by atoms with Crippen LogP contribution >= 0.6 is 0 Å². The molecule has 0 aromatic heterocycles. The molecule has 1 aliphatic rings. The zero-order valence-electron chi connectivity index (χ0n) is 10.6. The van der Waals surface area contributed by atoms with Crippen LogP contribution in [-0.2, 0) is 4.74 Å². The number of rotatable bonds is 1. The molecule has 3 heteroatoms. The number of amides is 1. The monoisotopic (exact) mass is 225 g/mol. The average Bonchev–Trinajstić information content (AvgIpc) is 2.27. The van der Waals surface area contributed by atoms with Crippen LogP contribution in [0.15, 0.2) is 12.2 Å². The van der Waals surface area contributed by atoms with E-state index < -0.39 is 5.60 Å². The first-order valence-electron chi connectivity index (χ1n) is 6.03. The molecule has 0 spiro atoms. The van der Waals surface area contributed by atoms with E-state index >= 15 is 0 Å². The molecule has 92 valence electrons. The van der Waals surface area contributed by atoms with Gasteiger partial charge in [0.1, 0.15) is 5.60 Å². The van der Waals surface area contributed by atoms with Gasteiger partial charge >= 0.3 is 6.09 Å². The first-order chi connectivity index (χ1) is 7.37. The van der Waals surface area contributed by atoms with E-state index in [1.54, 1.807) is 0 Å². The Kier molecular flexibility index (Phi) is 4.39. The Bertz CT molecular complexity index is 266. The molecule has 1 atom stereocenters. The zero-order valence-corrected chi connectivity index (χ0v) is 10.6. The standard InChI is InChI=1S/C13H23NO2/c1-10-6-5-7-11(9-8-10)14-12(15)16-13(2,3)4/h11H,1,5-9H2,2-4H3,(H,14,15)/t11-/m0/s1. The summed E-state index contributed by atoms with van der Waals surface area (Å²) >= 11 is 0. The lowest BCUT2D eigenvalue weighted by Crippen LogP contribution is -2.38. The second-order valence-corrected chi connectivity index (χ2v) is 5.52. The molecule has 0 bridgehead atoms. The molecule has 1 N–H and O–H groups in total. The van der Waals surface area contributed by atoms with E-state index in [0.717, 1.165) is 32.1 Å². The van der Waals surface area contributed by atoms with Crippen molar-refractivity contribution in [3.63, 3.8) is 0 Å². The summed E-state index contributed by atoms with van der Waals surface area (Å²) in [5, 5.41) is 2.93. The largest absolute Gasteiger partial charge is 0.444 e. The number of carbonyl (C=O) groups is 1. The van der Waals surface area contributed by atoms with Gasteiger partial charge in [0, 0.05) is 6.04 Å². The van der Waals surface area contributed by atoms with Gasteiger partial charge in [0.2, 0.25) is 0 Å². The van der Waals surface area contributed by atoms with Crippen LogP contribution in [0, 0.1) is 0 Å². The molecule has 0 heterocycles. The Morgan fingerprint density at radius 2 is 2.06 bits per heavy atom. The van der Waals surface area contributed by atoms with Gasteiger partial charge < -0.3 is 10.1 Å². The van der Waals surface area contributed by atoms with Crippen molar-refractivity contribution < 1.29 is 9.53 Å². The Balaban J connectivity index is 2.36. The zero-order chi connectivity index (χ0) is 12.2. The van der Waals surface area contributed by atoms with E-state index in [1.807, 2.05) is 20.8 Å². The first-order valence-corrected chi connectivity index (χ1v) is 6.03. The van der Waals surface area contributed by atoms with E-state index in [4.69, 9.17) is 4.74 Å². The van der Waals surface area contributed by atoms with E-state index in [9.17, 15) is 4.79 Å². The lowest BCUT2D eigenvalue weighted by Gasteiger charge is -2.22. The van der Waals surface area contributed by atoms with E-state index in [2.05, 4.69) is 11.9 Å². The third kappa shape index (κ3) is 5.19. The van der Waals surface area contributed by atoms with Crippen molar-refractivity contribution in [2.24, 2.45) is 0 Å². The van der Waals surface area contributed by atoms with Gasteiger partial charge in [0.25, 0.3) is 0 Å². The molecule has 0 aliphatic heterocycles. The maximum atomic E-state index is 11.6. The summed E-state index contributed by atoms with van der Waals surface area (Å²) in [7, 11) is 0. The fourth-order valence-electron chi connectivity index (χ4n) is 1.86. The van der Waals surface area contributed by atoms with Crippen molar-refractivity contribution in [2.75, 3.05) is 0 Å². The number of hydrogen-bond acceptors (Lipinski definition) is 2. The summed E-state index contributed by atoms with van der Waals surface area (Å²) < 4.78 is 5.24. The molecule has 0 aromatic rings. The second-order valence-electron chi connectivity index (χ2n) is 5.52. The summed E-state index contributed by atoms with van der Waals surface area (Å²) in [4.78, 5) is 11.6. The molecule has 0 aromatic carbocycles. The molecule has 3 nitrogen and oxygen atoms in total. The lowest BCUT2D eigenvalue weighted by atomic mass is 10.1. The summed E-state index contributed by atoms with van der Waals surface area (Å²) in [6.45, 7) is 9.63. The summed E-state index contributed by atoms with van der Waals surface area (Å²) in [5.74, 6) is 0. The number of ether oxygens (including phenoxy) is 1. The minimum atomic E-state index is -0.418. The second kappa shape index (κ2) is 5.37. The summed E-state index contributed by atoms with van der Waals surface area (Å²) in [5.41, 5.74) is 0.881. The van der Waals surface area contributed by atoms with Crippen LogP contribution in [0.25, 0.3) is 0 Å². The molecule has 0 unspecified atom stereocenters. The van der Waals surface area contributed by atoms with E-state index in [1.165, 1.54) is 5.57 Å². The van der Waals surface area contributed by atoms with Crippen molar-refractivity contribution in [3.8, 4) is 0 Å². The van der Waals surface area contributed by atoms with Gasteiger partial charge in [-0.3, -0.25) is 0 Å². The molecular weight excluding hydrogens is 202 g/mol. The van der Waals surface area contributed by atoms with E-state index in [0.29, 0.717) is 0 Å².